The maximum atomic E-state index is 14.2. The van der Waals surface area contributed by atoms with E-state index >= 15 is 0 Å². The second-order valence-corrected chi connectivity index (χ2v) is 10.1. The number of imidazole rings is 1. The van der Waals surface area contributed by atoms with Crippen LogP contribution >= 0.6 is 11.6 Å². The van der Waals surface area contributed by atoms with E-state index in [-0.39, 0.29) is 33.3 Å². The zero-order valence-electron chi connectivity index (χ0n) is 21.3. The van der Waals surface area contributed by atoms with Crippen molar-refractivity contribution >= 4 is 33.5 Å². The fraction of sp³-hybridized carbons (Fsp3) is 0.241. The Bertz CT molecular complexity index is 1830. The number of pyridine rings is 2. The predicted octanol–water partition coefficient (Wildman–Crippen LogP) is 6.62. The van der Waals surface area contributed by atoms with Crippen LogP contribution < -0.4 is 4.74 Å². The van der Waals surface area contributed by atoms with Gasteiger partial charge in [0.25, 0.3) is 0 Å². The number of nitrogens with zero attached hydrogens (tertiary/aromatic N) is 5. The summed E-state index contributed by atoms with van der Waals surface area (Å²) < 4.78 is 68.9. The second kappa shape index (κ2) is 10.6. The Hall–Kier alpha value is -4.27. The lowest BCUT2D eigenvalue weighted by Gasteiger charge is -2.27. The van der Waals surface area contributed by atoms with Crippen molar-refractivity contribution in [3.63, 3.8) is 0 Å². The fourth-order valence-corrected chi connectivity index (χ4v) is 4.85. The van der Waals surface area contributed by atoms with E-state index in [1.165, 1.54) is 12.1 Å². The van der Waals surface area contributed by atoms with Crippen molar-refractivity contribution in [1.82, 2.24) is 19.5 Å². The molecule has 4 heterocycles. The van der Waals surface area contributed by atoms with Gasteiger partial charge in [0, 0.05) is 35.1 Å². The second-order valence-electron chi connectivity index (χ2n) is 9.66. The third-order valence-corrected chi connectivity index (χ3v) is 7.14. The molecule has 1 aliphatic heterocycles. The van der Waals surface area contributed by atoms with Crippen molar-refractivity contribution in [2.45, 2.75) is 38.3 Å². The summed E-state index contributed by atoms with van der Waals surface area (Å²) in [5.74, 6) is -0.657. The monoisotopic (exact) mass is 581 g/mol. The summed E-state index contributed by atoms with van der Waals surface area (Å²) in [4.78, 5) is 13.1. The number of ether oxygens (including phenoxy) is 2. The van der Waals surface area contributed by atoms with Crippen LogP contribution in [0.25, 0.3) is 21.9 Å². The molecule has 0 spiro atoms. The highest BCUT2D eigenvalue weighted by Gasteiger charge is 2.36. The molecule has 1 saturated heterocycles. The van der Waals surface area contributed by atoms with Crippen LogP contribution in [0.3, 0.4) is 0 Å². The maximum absolute atomic E-state index is 14.2. The molecule has 6 rings (SSSR count). The molecule has 41 heavy (non-hydrogen) atoms. The third kappa shape index (κ3) is 5.53. The summed E-state index contributed by atoms with van der Waals surface area (Å²) in [6.45, 7) is 0.782. The van der Waals surface area contributed by atoms with E-state index in [1.54, 1.807) is 30.5 Å². The summed E-state index contributed by atoms with van der Waals surface area (Å²) in [5.41, 5.74) is 1.63. The molecule has 1 fully saturated rings. The highest BCUT2D eigenvalue weighted by atomic mass is 35.5. The molecule has 1 aliphatic rings. The Balaban J connectivity index is 1.35. The number of halogens is 5. The summed E-state index contributed by atoms with van der Waals surface area (Å²) in [6, 6.07) is 13.4. The van der Waals surface area contributed by atoms with Crippen molar-refractivity contribution in [2.75, 3.05) is 6.61 Å². The van der Waals surface area contributed by atoms with Gasteiger partial charge in [-0.05, 0) is 36.2 Å². The Morgan fingerprint density at radius 3 is 2.63 bits per heavy atom. The van der Waals surface area contributed by atoms with Crippen LogP contribution in [0.5, 0.6) is 5.88 Å². The van der Waals surface area contributed by atoms with E-state index < -0.39 is 30.0 Å². The van der Waals surface area contributed by atoms with Crippen LogP contribution in [-0.2, 0) is 30.5 Å². The molecular formula is C29H20ClF4N5O2. The van der Waals surface area contributed by atoms with Crippen LogP contribution in [0.2, 0.25) is 5.02 Å². The number of hydrogen-bond donors (Lipinski definition) is 0. The van der Waals surface area contributed by atoms with Crippen molar-refractivity contribution in [2.24, 2.45) is 0 Å². The molecule has 3 aromatic heterocycles. The zero-order chi connectivity index (χ0) is 28.7. The Labute approximate surface area is 235 Å². The third-order valence-electron chi connectivity index (χ3n) is 6.90. The largest absolute Gasteiger partial charge is 0.472 e. The summed E-state index contributed by atoms with van der Waals surface area (Å²) in [7, 11) is 0. The molecule has 0 amide bonds. The maximum Gasteiger partial charge on any atom is 0.421 e. The molecule has 1 unspecified atom stereocenters. The number of alkyl halides is 3. The average molecular weight is 582 g/mol. The fourth-order valence-electron chi connectivity index (χ4n) is 4.69. The van der Waals surface area contributed by atoms with Gasteiger partial charge in [0.05, 0.1) is 35.4 Å². The summed E-state index contributed by atoms with van der Waals surface area (Å²) in [5, 5.41) is 9.67. The summed E-state index contributed by atoms with van der Waals surface area (Å²) in [6.07, 6.45) is -1.85. The van der Waals surface area contributed by atoms with Crippen molar-refractivity contribution < 1.29 is 27.0 Å². The first kappa shape index (κ1) is 26.9. The predicted molar refractivity (Wildman–Crippen MR) is 142 cm³/mol. The van der Waals surface area contributed by atoms with Gasteiger partial charge in [0.15, 0.2) is 0 Å². The number of hydrogen-bond acceptors (Lipinski definition) is 6. The molecule has 1 atom stereocenters. The number of nitriles is 1. The number of fused-ring (bicyclic) bond motifs is 2. The van der Waals surface area contributed by atoms with E-state index in [9.17, 15) is 22.8 Å². The zero-order valence-corrected chi connectivity index (χ0v) is 22.0. The van der Waals surface area contributed by atoms with Crippen LogP contribution in [0.4, 0.5) is 17.6 Å². The van der Waals surface area contributed by atoms with Gasteiger partial charge in [0.1, 0.15) is 35.6 Å². The number of aromatic nitrogens is 4. The summed E-state index contributed by atoms with van der Waals surface area (Å²) >= 11 is 5.77. The van der Waals surface area contributed by atoms with Gasteiger partial charge in [-0.3, -0.25) is 0 Å². The lowest BCUT2D eigenvalue weighted by atomic mass is 10.1. The Morgan fingerprint density at radius 1 is 1.10 bits per heavy atom. The average Bonchev–Trinajstić information content (AvgIpc) is 3.24. The molecule has 0 saturated carbocycles. The minimum absolute atomic E-state index is 0.0334. The van der Waals surface area contributed by atoms with Gasteiger partial charge in [-0.15, -0.1) is 0 Å². The lowest BCUT2D eigenvalue weighted by Crippen LogP contribution is -2.31. The molecule has 0 aliphatic carbocycles. The molecule has 12 heteroatoms. The SMILES string of the molecule is N#Cc1cc2nc(Cc3ccc4cc(C(F)(F)F)c(OCc5ccc(Cl)cc5F)nc4c3)n(CC3CCO3)c2cn1. The standard InChI is InChI=1S/C29H20ClF4N5O2/c30-19-4-3-18(23(31)10-19)15-41-28-22(29(32,33)34)9-17-2-1-16(7-24(17)38-28)8-27-37-25-11-20(12-35)36-13-26(25)39(27)14-21-5-6-40-21/h1-4,7,9-11,13,21H,5-6,8,14-15H2. The lowest BCUT2D eigenvalue weighted by molar-refractivity contribution is -0.139. The smallest absolute Gasteiger partial charge is 0.421 e. The van der Waals surface area contributed by atoms with E-state index in [2.05, 4.69) is 9.97 Å². The van der Waals surface area contributed by atoms with Crippen molar-refractivity contribution in [1.29, 1.82) is 5.26 Å². The van der Waals surface area contributed by atoms with E-state index in [0.717, 1.165) is 29.6 Å². The van der Waals surface area contributed by atoms with Crippen LogP contribution in [0.1, 0.15) is 34.6 Å². The van der Waals surface area contributed by atoms with Crippen LogP contribution in [0, 0.1) is 17.1 Å². The first-order chi connectivity index (χ1) is 19.7. The van der Waals surface area contributed by atoms with E-state index in [4.69, 9.17) is 26.1 Å². The highest BCUT2D eigenvalue weighted by Crippen LogP contribution is 2.38. The Morgan fingerprint density at radius 2 is 1.93 bits per heavy atom. The van der Waals surface area contributed by atoms with Gasteiger partial charge in [-0.1, -0.05) is 29.8 Å². The highest BCUT2D eigenvalue weighted by molar-refractivity contribution is 6.30. The topological polar surface area (TPSA) is 85.8 Å². The van der Waals surface area contributed by atoms with Crippen molar-refractivity contribution in [3.8, 4) is 11.9 Å². The van der Waals surface area contributed by atoms with Gasteiger partial charge in [-0.2, -0.15) is 18.4 Å². The Kier molecular flexibility index (Phi) is 6.97. The normalized spacial score (nSPS) is 15.2. The first-order valence-corrected chi connectivity index (χ1v) is 13.0. The quantitative estimate of drug-likeness (QED) is 0.201. The molecule has 2 aromatic carbocycles. The van der Waals surface area contributed by atoms with Gasteiger partial charge in [-0.25, -0.2) is 19.3 Å². The first-order valence-electron chi connectivity index (χ1n) is 12.6. The number of rotatable bonds is 7. The van der Waals surface area contributed by atoms with E-state index in [1.807, 2.05) is 10.6 Å². The molecule has 7 nitrogen and oxygen atoms in total. The van der Waals surface area contributed by atoms with Crippen LogP contribution in [-0.4, -0.2) is 32.2 Å². The van der Waals surface area contributed by atoms with E-state index in [0.29, 0.717) is 30.9 Å². The number of benzene rings is 2. The minimum Gasteiger partial charge on any atom is -0.472 e. The van der Waals surface area contributed by atoms with Gasteiger partial charge >= 0.3 is 6.18 Å². The molecule has 0 bridgehead atoms. The molecule has 0 N–H and O–H groups in total. The van der Waals surface area contributed by atoms with Gasteiger partial charge < -0.3 is 14.0 Å². The molecule has 208 valence electrons. The molecular weight excluding hydrogens is 562 g/mol. The van der Waals surface area contributed by atoms with Crippen molar-refractivity contribution in [3.05, 3.63) is 93.8 Å². The van der Waals surface area contributed by atoms with Gasteiger partial charge in [0.2, 0.25) is 5.88 Å². The molecule has 5 aromatic rings. The van der Waals surface area contributed by atoms with Crippen LogP contribution in [0.15, 0.2) is 54.7 Å². The molecule has 0 radical (unpaired) electrons. The minimum atomic E-state index is -4.74.